The average molecular weight is 628 g/mol. The van der Waals surface area contributed by atoms with Gasteiger partial charge in [-0.3, -0.25) is 4.57 Å². The number of rotatable bonds is 10. The molecular formula is C35H37N3O6S. The summed E-state index contributed by atoms with van der Waals surface area (Å²) in [5.74, 6) is 1.36. The molecule has 6 rings (SSSR count). The van der Waals surface area contributed by atoms with E-state index in [2.05, 4.69) is 10.0 Å². The van der Waals surface area contributed by atoms with Gasteiger partial charge in [-0.15, -0.1) is 0 Å². The van der Waals surface area contributed by atoms with Crippen LogP contribution in [0.25, 0.3) is 27.2 Å². The van der Waals surface area contributed by atoms with Crippen LogP contribution < -0.4 is 19.5 Å². The minimum absolute atomic E-state index is 0.0371. The van der Waals surface area contributed by atoms with Crippen molar-refractivity contribution in [3.63, 3.8) is 0 Å². The maximum Gasteiger partial charge on any atom is 0.329 e. The number of fused-ring (bicyclic) bond motifs is 2. The summed E-state index contributed by atoms with van der Waals surface area (Å²) in [6.07, 6.45) is 3.91. The minimum Gasteiger partial charge on any atom is -0.494 e. The summed E-state index contributed by atoms with van der Waals surface area (Å²) in [4.78, 5) is 12.8. The number of hydrogen-bond acceptors (Lipinski definition) is 6. The topological polar surface area (TPSA) is 119 Å². The standard InChI is InChI=1S/C35H37N3O6S/c1-5-43-31-26-9-7-8-10-27(26)32(44-6-2)30-28(31)21-38(33(30)39)29-16-13-24(19-23(29)4)20-35(17-18-35)36-34(40)37-45(41,42)25-14-11-22(3)12-15-25/h7-16,19,21,39H,5-6,17-18,20H2,1-4H3,(H2,36,37,40). The van der Waals surface area contributed by atoms with Gasteiger partial charge in [-0.05, 0) is 76.3 Å². The Morgan fingerprint density at radius 3 is 2.18 bits per heavy atom. The second-order valence-electron chi connectivity index (χ2n) is 11.6. The van der Waals surface area contributed by atoms with Gasteiger partial charge in [0.2, 0.25) is 5.88 Å². The number of nitrogens with zero attached hydrogens (tertiary/aromatic N) is 1. The number of nitrogens with one attached hydrogen (secondary N) is 2. The molecule has 1 heterocycles. The average Bonchev–Trinajstić information content (AvgIpc) is 3.66. The van der Waals surface area contributed by atoms with Crippen molar-refractivity contribution in [3.8, 4) is 23.1 Å². The van der Waals surface area contributed by atoms with Gasteiger partial charge in [0.05, 0.1) is 34.6 Å². The van der Waals surface area contributed by atoms with Crippen molar-refractivity contribution in [2.24, 2.45) is 0 Å². The summed E-state index contributed by atoms with van der Waals surface area (Å²) >= 11 is 0. The number of hydrogen-bond donors (Lipinski definition) is 3. The lowest BCUT2D eigenvalue weighted by molar-refractivity contribution is 0.240. The number of sulfonamides is 1. The number of carbonyl (C=O) groups excluding carboxylic acids is 1. The summed E-state index contributed by atoms with van der Waals surface area (Å²) in [6.45, 7) is 8.60. The van der Waals surface area contributed by atoms with E-state index in [0.29, 0.717) is 36.5 Å². The van der Waals surface area contributed by atoms with Crippen LogP contribution in [0, 0.1) is 13.8 Å². The van der Waals surface area contributed by atoms with Gasteiger partial charge in [-0.25, -0.2) is 17.9 Å². The Hall–Kier alpha value is -4.70. The molecule has 0 radical (unpaired) electrons. The molecule has 1 fully saturated rings. The Morgan fingerprint density at radius 2 is 1.56 bits per heavy atom. The Labute approximate surface area is 262 Å². The molecule has 5 aromatic rings. The zero-order valence-electron chi connectivity index (χ0n) is 25.8. The largest absolute Gasteiger partial charge is 0.494 e. The molecule has 0 atom stereocenters. The molecule has 4 aromatic carbocycles. The quantitative estimate of drug-likeness (QED) is 0.159. The first-order valence-electron chi connectivity index (χ1n) is 15.1. The third kappa shape index (κ3) is 5.78. The van der Waals surface area contributed by atoms with E-state index < -0.39 is 21.6 Å². The molecule has 10 heteroatoms. The third-order valence-corrected chi connectivity index (χ3v) is 9.65. The molecule has 1 aromatic heterocycles. The fourth-order valence-electron chi connectivity index (χ4n) is 5.98. The Morgan fingerprint density at radius 1 is 0.911 bits per heavy atom. The second-order valence-corrected chi connectivity index (χ2v) is 13.3. The molecule has 1 saturated carbocycles. The molecule has 45 heavy (non-hydrogen) atoms. The predicted molar refractivity (Wildman–Crippen MR) is 175 cm³/mol. The second kappa shape index (κ2) is 11.7. The van der Waals surface area contributed by atoms with Crippen molar-refractivity contribution in [1.82, 2.24) is 14.6 Å². The molecule has 0 aliphatic heterocycles. The smallest absolute Gasteiger partial charge is 0.329 e. The number of aryl methyl sites for hydroxylation is 2. The summed E-state index contributed by atoms with van der Waals surface area (Å²) in [5, 5.41) is 17.6. The maximum atomic E-state index is 12.8. The molecule has 234 valence electrons. The highest BCUT2D eigenvalue weighted by Gasteiger charge is 2.44. The monoisotopic (exact) mass is 627 g/mol. The summed E-state index contributed by atoms with van der Waals surface area (Å²) in [5.41, 5.74) is 3.11. The molecule has 0 bridgehead atoms. The number of aromatic nitrogens is 1. The zero-order chi connectivity index (χ0) is 31.9. The highest BCUT2D eigenvalue weighted by Crippen LogP contribution is 2.48. The van der Waals surface area contributed by atoms with Gasteiger partial charge < -0.3 is 19.9 Å². The van der Waals surface area contributed by atoms with Gasteiger partial charge in [0, 0.05) is 22.5 Å². The first-order chi connectivity index (χ1) is 21.6. The first kappa shape index (κ1) is 30.3. The zero-order valence-corrected chi connectivity index (χ0v) is 26.6. The van der Waals surface area contributed by atoms with Gasteiger partial charge in [-0.2, -0.15) is 0 Å². The van der Waals surface area contributed by atoms with E-state index in [1.54, 1.807) is 16.7 Å². The molecule has 0 spiro atoms. The lowest BCUT2D eigenvalue weighted by atomic mass is 10.0. The van der Waals surface area contributed by atoms with Gasteiger partial charge in [0.25, 0.3) is 10.0 Å². The van der Waals surface area contributed by atoms with E-state index in [4.69, 9.17) is 9.47 Å². The fraction of sp³-hybridized carbons (Fsp3) is 0.286. The Balaban J connectivity index is 1.27. The molecule has 0 saturated heterocycles. The molecule has 9 nitrogen and oxygen atoms in total. The van der Waals surface area contributed by atoms with E-state index in [1.165, 1.54) is 12.1 Å². The van der Waals surface area contributed by atoms with Crippen LogP contribution in [-0.2, 0) is 16.4 Å². The first-order valence-corrected chi connectivity index (χ1v) is 16.6. The number of benzene rings is 4. The molecular weight excluding hydrogens is 590 g/mol. The maximum absolute atomic E-state index is 12.8. The van der Waals surface area contributed by atoms with Crippen LogP contribution >= 0.6 is 0 Å². The normalized spacial score (nSPS) is 14.0. The SMILES string of the molecule is CCOc1c2ccccc2c(OCC)c2c(O)n(-c3ccc(CC4(NC(=O)NS(=O)(=O)c5ccc(C)cc5)CC4)cc3C)cc12. The fourth-order valence-corrected chi connectivity index (χ4v) is 6.89. The number of urea groups is 1. The Bertz CT molecular complexity index is 2030. The molecule has 0 unspecified atom stereocenters. The van der Waals surface area contributed by atoms with Crippen LogP contribution in [0.5, 0.6) is 17.4 Å². The van der Waals surface area contributed by atoms with Crippen molar-refractivity contribution >= 4 is 37.6 Å². The highest BCUT2D eigenvalue weighted by atomic mass is 32.2. The Kier molecular flexibility index (Phi) is 7.86. The van der Waals surface area contributed by atoms with Crippen molar-refractivity contribution in [2.75, 3.05) is 13.2 Å². The lowest BCUT2D eigenvalue weighted by Crippen LogP contribution is -2.46. The van der Waals surface area contributed by atoms with Gasteiger partial charge >= 0.3 is 6.03 Å². The van der Waals surface area contributed by atoms with Crippen molar-refractivity contribution in [1.29, 1.82) is 0 Å². The summed E-state index contributed by atoms with van der Waals surface area (Å²) < 4.78 is 41.5. The van der Waals surface area contributed by atoms with Gasteiger partial charge in [-0.1, -0.05) is 54.1 Å². The van der Waals surface area contributed by atoms with E-state index in [1.807, 2.05) is 76.4 Å². The van der Waals surface area contributed by atoms with E-state index in [-0.39, 0.29) is 10.8 Å². The lowest BCUT2D eigenvalue weighted by Gasteiger charge is -2.19. The van der Waals surface area contributed by atoms with Crippen LogP contribution in [0.2, 0.25) is 0 Å². The van der Waals surface area contributed by atoms with Crippen molar-refractivity contribution < 1.29 is 27.8 Å². The van der Waals surface area contributed by atoms with Crippen LogP contribution in [-0.4, -0.2) is 42.9 Å². The van der Waals surface area contributed by atoms with Gasteiger partial charge in [0.1, 0.15) is 11.5 Å². The number of aromatic hydroxyl groups is 1. The van der Waals surface area contributed by atoms with Crippen LogP contribution in [0.3, 0.4) is 0 Å². The van der Waals surface area contributed by atoms with Crippen LogP contribution in [0.1, 0.15) is 43.4 Å². The third-order valence-electron chi connectivity index (χ3n) is 8.30. The van der Waals surface area contributed by atoms with E-state index in [0.717, 1.165) is 51.4 Å². The predicted octanol–water partition coefficient (Wildman–Crippen LogP) is 6.67. The van der Waals surface area contributed by atoms with Crippen molar-refractivity contribution in [2.45, 2.75) is 57.4 Å². The van der Waals surface area contributed by atoms with Crippen molar-refractivity contribution in [3.05, 3.63) is 89.6 Å². The molecule has 2 amide bonds. The number of carbonyl (C=O) groups is 1. The molecule has 3 N–H and O–H groups in total. The van der Waals surface area contributed by atoms with Crippen LogP contribution in [0.4, 0.5) is 4.79 Å². The molecule has 1 aliphatic rings. The van der Waals surface area contributed by atoms with E-state index in [9.17, 15) is 18.3 Å². The van der Waals surface area contributed by atoms with Crippen LogP contribution in [0.15, 0.2) is 77.8 Å². The van der Waals surface area contributed by atoms with Gasteiger partial charge in [0.15, 0.2) is 0 Å². The number of amides is 2. The minimum atomic E-state index is -3.99. The number of ether oxygens (including phenoxy) is 2. The highest BCUT2D eigenvalue weighted by molar-refractivity contribution is 7.90. The molecule has 1 aliphatic carbocycles. The van der Waals surface area contributed by atoms with E-state index >= 15 is 0 Å². The summed E-state index contributed by atoms with van der Waals surface area (Å²) in [6, 6.07) is 19.4. The summed E-state index contributed by atoms with van der Waals surface area (Å²) in [7, 11) is -3.99.